The molecule has 1 aliphatic heterocycles. The average molecular weight is 412 g/mol. The molecule has 0 radical (unpaired) electrons. The first-order chi connectivity index (χ1) is 14.6. The van der Waals surface area contributed by atoms with Crippen LogP contribution in [0.3, 0.4) is 0 Å². The van der Waals surface area contributed by atoms with Gasteiger partial charge in [-0.3, -0.25) is 9.59 Å². The van der Waals surface area contributed by atoms with Gasteiger partial charge in [0.2, 0.25) is 0 Å². The molecule has 0 bridgehead atoms. The van der Waals surface area contributed by atoms with Gasteiger partial charge in [-0.15, -0.1) is 0 Å². The Bertz CT molecular complexity index is 860. The van der Waals surface area contributed by atoms with Crippen molar-refractivity contribution in [1.82, 2.24) is 5.32 Å². The molecule has 2 N–H and O–H groups in total. The number of anilines is 1. The highest BCUT2D eigenvalue weighted by molar-refractivity contribution is 6.39. The predicted octanol–water partition coefficient (Wildman–Crippen LogP) is 2.90. The van der Waals surface area contributed by atoms with Gasteiger partial charge in [-0.25, -0.2) is 0 Å². The molecule has 3 rings (SSSR count). The number of methoxy groups -OCH3 is 1. The number of carbonyl (C=O) groups excluding carboxylic acids is 2. The molecule has 2 aromatic rings. The van der Waals surface area contributed by atoms with E-state index in [0.29, 0.717) is 37.8 Å². The number of amides is 2. The van der Waals surface area contributed by atoms with Crippen LogP contribution >= 0.6 is 0 Å². The maximum atomic E-state index is 12.5. The second-order valence-corrected chi connectivity index (χ2v) is 7.19. The van der Waals surface area contributed by atoms with Gasteiger partial charge in [0.25, 0.3) is 0 Å². The minimum atomic E-state index is -0.723. The third-order valence-corrected chi connectivity index (χ3v) is 5.38. The molecule has 2 aromatic carbocycles. The van der Waals surface area contributed by atoms with Crippen LogP contribution in [0.15, 0.2) is 48.5 Å². The van der Waals surface area contributed by atoms with Crippen LogP contribution in [0.1, 0.15) is 25.3 Å². The highest BCUT2D eigenvalue weighted by Gasteiger charge is 2.35. The lowest BCUT2D eigenvalue weighted by Crippen LogP contribution is -2.47. The van der Waals surface area contributed by atoms with Gasteiger partial charge >= 0.3 is 11.8 Å². The molecule has 0 unspecified atom stereocenters. The van der Waals surface area contributed by atoms with Crippen LogP contribution in [0.2, 0.25) is 0 Å². The van der Waals surface area contributed by atoms with E-state index < -0.39 is 11.8 Å². The number of carbonyl (C=O) groups is 2. The fourth-order valence-corrected chi connectivity index (χ4v) is 3.63. The molecule has 0 saturated carbocycles. The Morgan fingerprint density at radius 3 is 2.40 bits per heavy atom. The fraction of sp³-hybridized carbons (Fsp3) is 0.391. The van der Waals surface area contributed by atoms with Crippen LogP contribution in [-0.4, -0.2) is 45.3 Å². The quantitative estimate of drug-likeness (QED) is 0.683. The molecule has 0 aliphatic carbocycles. The van der Waals surface area contributed by atoms with E-state index in [1.165, 1.54) is 0 Å². The van der Waals surface area contributed by atoms with Crippen LogP contribution in [0.25, 0.3) is 0 Å². The van der Waals surface area contributed by atoms with E-state index in [0.717, 1.165) is 24.2 Å². The van der Waals surface area contributed by atoms with E-state index in [2.05, 4.69) is 10.6 Å². The first kappa shape index (κ1) is 21.6. The Hall–Kier alpha value is -3.06. The molecule has 1 saturated heterocycles. The lowest BCUT2D eigenvalue weighted by Gasteiger charge is -2.38. The molecule has 7 heteroatoms. The van der Waals surface area contributed by atoms with Crippen molar-refractivity contribution in [1.29, 1.82) is 0 Å². The van der Waals surface area contributed by atoms with Crippen molar-refractivity contribution in [3.8, 4) is 11.5 Å². The normalized spacial score (nSPS) is 15.1. The number of hydrogen-bond donors (Lipinski definition) is 2. The first-order valence-electron chi connectivity index (χ1n) is 10.1. The predicted molar refractivity (Wildman–Crippen MR) is 114 cm³/mol. The van der Waals surface area contributed by atoms with Crippen molar-refractivity contribution >= 4 is 17.5 Å². The average Bonchev–Trinajstić information content (AvgIpc) is 2.79. The Morgan fingerprint density at radius 2 is 1.73 bits per heavy atom. The molecular formula is C23H28N2O5. The summed E-state index contributed by atoms with van der Waals surface area (Å²) in [6.45, 7) is 3.89. The summed E-state index contributed by atoms with van der Waals surface area (Å²) in [6, 6.07) is 14.9. The molecule has 160 valence electrons. The van der Waals surface area contributed by atoms with Gasteiger partial charge in [0.1, 0.15) is 11.5 Å². The molecule has 0 atom stereocenters. The van der Waals surface area contributed by atoms with Crippen LogP contribution in [-0.2, 0) is 19.7 Å². The topological polar surface area (TPSA) is 85.9 Å². The highest BCUT2D eigenvalue weighted by Crippen LogP contribution is 2.35. The summed E-state index contributed by atoms with van der Waals surface area (Å²) in [6.07, 6.45) is 1.52. The minimum Gasteiger partial charge on any atom is -0.497 e. The third kappa shape index (κ3) is 5.10. The fourth-order valence-electron chi connectivity index (χ4n) is 3.63. The van der Waals surface area contributed by atoms with E-state index in [-0.39, 0.29) is 5.41 Å². The first-order valence-corrected chi connectivity index (χ1v) is 10.1. The third-order valence-electron chi connectivity index (χ3n) is 5.38. The zero-order valence-electron chi connectivity index (χ0n) is 17.4. The van der Waals surface area contributed by atoms with Crippen LogP contribution in [0.5, 0.6) is 11.5 Å². The standard InChI is InChI=1S/C23H28N2O5/c1-3-30-20-7-5-4-6-19(20)25-22(27)21(26)24-16-23(12-14-29-15-13-23)17-8-10-18(28-2)11-9-17/h4-11H,3,12-16H2,1-2H3,(H,24,26)(H,25,27). The monoisotopic (exact) mass is 412 g/mol. The second-order valence-electron chi connectivity index (χ2n) is 7.19. The molecule has 1 aliphatic rings. The number of para-hydroxylation sites is 2. The SMILES string of the molecule is CCOc1ccccc1NC(=O)C(=O)NCC1(c2ccc(OC)cc2)CCOCC1. The van der Waals surface area contributed by atoms with Crippen molar-refractivity contribution < 1.29 is 23.8 Å². The van der Waals surface area contributed by atoms with E-state index >= 15 is 0 Å². The number of benzene rings is 2. The van der Waals surface area contributed by atoms with E-state index in [1.807, 2.05) is 37.3 Å². The lowest BCUT2D eigenvalue weighted by atomic mass is 9.74. The van der Waals surface area contributed by atoms with Crippen molar-refractivity contribution in [3.63, 3.8) is 0 Å². The van der Waals surface area contributed by atoms with Gasteiger partial charge in [-0.1, -0.05) is 24.3 Å². The lowest BCUT2D eigenvalue weighted by molar-refractivity contribution is -0.136. The van der Waals surface area contributed by atoms with E-state index in [1.54, 1.807) is 25.3 Å². The number of nitrogens with one attached hydrogen (secondary N) is 2. The molecule has 7 nitrogen and oxygen atoms in total. The van der Waals surface area contributed by atoms with Crippen LogP contribution in [0.4, 0.5) is 5.69 Å². The Kier molecular flexibility index (Phi) is 7.30. The summed E-state index contributed by atoms with van der Waals surface area (Å²) < 4.78 is 16.3. The van der Waals surface area contributed by atoms with Gasteiger partial charge in [0.15, 0.2) is 0 Å². The summed E-state index contributed by atoms with van der Waals surface area (Å²) in [5.41, 5.74) is 1.27. The molecule has 1 fully saturated rings. The summed E-state index contributed by atoms with van der Waals surface area (Å²) in [5, 5.41) is 5.45. The van der Waals surface area contributed by atoms with Gasteiger partial charge in [-0.2, -0.15) is 0 Å². The number of hydrogen-bond acceptors (Lipinski definition) is 5. The zero-order valence-corrected chi connectivity index (χ0v) is 17.4. The number of ether oxygens (including phenoxy) is 3. The number of rotatable bonds is 7. The highest BCUT2D eigenvalue weighted by atomic mass is 16.5. The summed E-state index contributed by atoms with van der Waals surface area (Å²) in [7, 11) is 1.63. The summed E-state index contributed by atoms with van der Waals surface area (Å²) in [4.78, 5) is 25.0. The zero-order chi connectivity index (χ0) is 21.4. The van der Waals surface area contributed by atoms with Gasteiger partial charge < -0.3 is 24.8 Å². The smallest absolute Gasteiger partial charge is 0.313 e. The Morgan fingerprint density at radius 1 is 1.03 bits per heavy atom. The maximum absolute atomic E-state index is 12.5. The van der Waals surface area contributed by atoms with Crippen molar-refractivity contribution in [2.24, 2.45) is 0 Å². The molecule has 0 aromatic heterocycles. The summed E-state index contributed by atoms with van der Waals surface area (Å²) >= 11 is 0. The maximum Gasteiger partial charge on any atom is 0.313 e. The Balaban J connectivity index is 1.67. The Labute approximate surface area is 176 Å². The molecule has 30 heavy (non-hydrogen) atoms. The summed E-state index contributed by atoms with van der Waals surface area (Å²) in [5.74, 6) is -0.0996. The van der Waals surface area contributed by atoms with Crippen molar-refractivity contribution in [2.45, 2.75) is 25.2 Å². The molecule has 1 heterocycles. The molecular weight excluding hydrogens is 384 g/mol. The van der Waals surface area contributed by atoms with Gasteiger partial charge in [-0.05, 0) is 49.6 Å². The van der Waals surface area contributed by atoms with Crippen LogP contribution < -0.4 is 20.1 Å². The second kappa shape index (κ2) is 10.1. The molecule has 0 spiro atoms. The van der Waals surface area contributed by atoms with E-state index in [4.69, 9.17) is 14.2 Å². The minimum absolute atomic E-state index is 0.288. The van der Waals surface area contributed by atoms with Gasteiger partial charge in [0.05, 0.1) is 19.4 Å². The largest absolute Gasteiger partial charge is 0.497 e. The van der Waals surface area contributed by atoms with Crippen molar-refractivity contribution in [3.05, 3.63) is 54.1 Å². The van der Waals surface area contributed by atoms with E-state index in [9.17, 15) is 9.59 Å². The molecule has 2 amide bonds. The van der Waals surface area contributed by atoms with Crippen LogP contribution in [0, 0.1) is 0 Å². The van der Waals surface area contributed by atoms with Crippen molar-refractivity contribution in [2.75, 3.05) is 38.8 Å². The van der Waals surface area contributed by atoms with Gasteiger partial charge in [0, 0.05) is 25.2 Å².